The van der Waals surface area contributed by atoms with Crippen LogP contribution in [0.5, 0.6) is 0 Å². The van der Waals surface area contributed by atoms with E-state index in [2.05, 4.69) is 50.2 Å². The van der Waals surface area contributed by atoms with Gasteiger partial charge in [-0.3, -0.25) is 4.79 Å². The number of benzene rings is 1. The zero-order valence-corrected chi connectivity index (χ0v) is 23.1. The van der Waals surface area contributed by atoms with Gasteiger partial charge in [-0.15, -0.1) is 0 Å². The Morgan fingerprint density at radius 2 is 2.08 bits per heavy atom. The first-order valence-electron chi connectivity index (χ1n) is 12.1. The second-order valence-electron chi connectivity index (χ2n) is 9.87. The molecule has 2 aromatic heterocycles. The van der Waals surface area contributed by atoms with Crippen LogP contribution in [-0.4, -0.2) is 63.9 Å². The van der Waals surface area contributed by atoms with E-state index >= 15 is 0 Å². The first-order valence-corrected chi connectivity index (χ1v) is 13.7. The summed E-state index contributed by atoms with van der Waals surface area (Å²) in [5.41, 5.74) is 3.96. The van der Waals surface area contributed by atoms with Crippen molar-refractivity contribution in [2.45, 2.75) is 51.4 Å². The predicted octanol–water partition coefficient (Wildman–Crippen LogP) is 4.80. The summed E-state index contributed by atoms with van der Waals surface area (Å²) in [5, 5.41) is 15.6. The molecule has 9 nitrogen and oxygen atoms in total. The Morgan fingerprint density at radius 3 is 2.74 bits per heavy atom. The highest BCUT2D eigenvalue weighted by atomic mass is 32.1. The van der Waals surface area contributed by atoms with Crippen molar-refractivity contribution in [2.24, 2.45) is 0 Å². The number of alkyl halides is 3. The van der Waals surface area contributed by atoms with E-state index in [1.54, 1.807) is 0 Å². The number of amides is 1. The Kier molecular flexibility index (Phi) is 8.47. The molecule has 1 saturated heterocycles. The maximum absolute atomic E-state index is 12.6. The molecule has 2 aliphatic rings. The number of thiazole rings is 1. The third-order valence-corrected chi connectivity index (χ3v) is 7.89. The van der Waals surface area contributed by atoms with Gasteiger partial charge in [0.15, 0.2) is 5.13 Å². The van der Waals surface area contributed by atoms with Crippen molar-refractivity contribution in [1.82, 2.24) is 14.7 Å². The van der Waals surface area contributed by atoms with Crippen molar-refractivity contribution in [1.29, 1.82) is 0 Å². The van der Waals surface area contributed by atoms with Crippen LogP contribution in [0.1, 0.15) is 40.5 Å². The van der Waals surface area contributed by atoms with E-state index in [9.17, 15) is 18.0 Å². The fourth-order valence-electron chi connectivity index (χ4n) is 4.27. The number of aliphatic carboxylic acids is 1. The number of nitrogens with one attached hydrogen (secondary N) is 2. The number of carbonyl (C=O) groups is 2. The topological polar surface area (TPSA) is 117 Å². The minimum Gasteiger partial charge on any atom is -0.475 e. The number of morpholine rings is 1. The molecule has 0 spiro atoms. The maximum atomic E-state index is 12.6. The lowest BCUT2D eigenvalue weighted by Crippen LogP contribution is -2.48. The molecule has 210 valence electrons. The van der Waals surface area contributed by atoms with Crippen LogP contribution < -0.4 is 15.5 Å². The molecule has 2 aliphatic heterocycles. The molecular weight excluding hydrogens is 555 g/mol. The van der Waals surface area contributed by atoms with E-state index in [4.69, 9.17) is 19.6 Å². The average Bonchev–Trinajstić information content (AvgIpc) is 3.44. The number of fused-ring (bicyclic) bond motifs is 1. The van der Waals surface area contributed by atoms with Crippen LogP contribution in [0, 0.1) is 6.92 Å². The zero-order chi connectivity index (χ0) is 28.4. The molecule has 1 atom stereocenters. The van der Waals surface area contributed by atoms with Gasteiger partial charge in [-0.2, -0.15) is 17.5 Å². The summed E-state index contributed by atoms with van der Waals surface area (Å²) in [4.78, 5) is 29.4. The summed E-state index contributed by atoms with van der Waals surface area (Å²) < 4.78 is 41.9. The molecule has 0 radical (unpaired) electrons. The molecule has 3 aromatic rings. The molecule has 3 N–H and O–H groups in total. The quantitative estimate of drug-likeness (QED) is 0.393. The van der Waals surface area contributed by atoms with Crippen LogP contribution in [0.2, 0.25) is 0 Å². The van der Waals surface area contributed by atoms with E-state index < -0.39 is 12.1 Å². The first kappa shape index (κ1) is 28.8. The highest BCUT2D eigenvalue weighted by Crippen LogP contribution is 2.34. The molecule has 14 heteroatoms. The van der Waals surface area contributed by atoms with Crippen LogP contribution in [0.4, 0.5) is 29.0 Å². The van der Waals surface area contributed by atoms with Crippen LogP contribution >= 0.6 is 22.9 Å². The lowest BCUT2D eigenvalue weighted by atomic mass is 9.94. The number of anilines is 3. The van der Waals surface area contributed by atoms with Gasteiger partial charge in [0, 0.05) is 24.2 Å². The molecule has 1 aromatic carbocycles. The average molecular weight is 584 g/mol. The number of hydrogen-bond donors (Lipinski definition) is 3. The Hall–Kier alpha value is -3.23. The lowest BCUT2D eigenvalue weighted by molar-refractivity contribution is -0.192. The molecule has 5 rings (SSSR count). The van der Waals surface area contributed by atoms with Crippen LogP contribution in [0.15, 0.2) is 30.3 Å². The number of nitrogens with zero attached hydrogens (tertiary/aromatic N) is 3. The van der Waals surface area contributed by atoms with Crippen LogP contribution in [-0.2, 0) is 22.4 Å². The fraction of sp³-hybridized carbons (Fsp3) is 0.440. The van der Waals surface area contributed by atoms with E-state index in [-0.39, 0.29) is 17.5 Å². The number of rotatable bonds is 5. The van der Waals surface area contributed by atoms with Gasteiger partial charge >= 0.3 is 12.1 Å². The summed E-state index contributed by atoms with van der Waals surface area (Å²) in [7, 11) is 0. The maximum Gasteiger partial charge on any atom is 0.490 e. The van der Waals surface area contributed by atoms with Crippen molar-refractivity contribution in [3.05, 3.63) is 52.2 Å². The normalized spacial score (nSPS) is 18.5. The summed E-state index contributed by atoms with van der Waals surface area (Å²) >= 11 is 2.97. The predicted molar refractivity (Wildman–Crippen MR) is 143 cm³/mol. The second-order valence-corrected chi connectivity index (χ2v) is 11.7. The molecule has 1 unspecified atom stereocenters. The number of ether oxygens (including phenoxy) is 1. The molecule has 0 aliphatic carbocycles. The summed E-state index contributed by atoms with van der Waals surface area (Å²) in [6.07, 6.45) is -3.48. The number of hydrogen-bond acceptors (Lipinski definition) is 9. The van der Waals surface area contributed by atoms with Gasteiger partial charge in [0.1, 0.15) is 9.88 Å². The number of carbonyl (C=O) groups excluding carboxylic acids is 1. The monoisotopic (exact) mass is 583 g/mol. The third-order valence-electron chi connectivity index (χ3n) is 5.96. The smallest absolute Gasteiger partial charge is 0.475 e. The number of carboxylic acid groups (broad SMARTS) is 1. The van der Waals surface area contributed by atoms with E-state index in [1.807, 2.05) is 20.8 Å². The number of carboxylic acids is 1. The molecular formula is C25H28F3N5O4S2. The summed E-state index contributed by atoms with van der Waals surface area (Å²) in [5.74, 6) is -2.77. The van der Waals surface area contributed by atoms with Gasteiger partial charge in [-0.05, 0) is 62.5 Å². The Bertz CT molecular complexity index is 1340. The fourth-order valence-corrected chi connectivity index (χ4v) is 6.03. The molecule has 1 fully saturated rings. The van der Waals surface area contributed by atoms with Crippen molar-refractivity contribution in [2.75, 3.05) is 30.0 Å². The minimum absolute atomic E-state index is 0.0121. The molecule has 0 saturated carbocycles. The molecule has 39 heavy (non-hydrogen) atoms. The first-order chi connectivity index (χ1) is 18.3. The Labute approximate surface area is 231 Å². The van der Waals surface area contributed by atoms with Crippen molar-refractivity contribution in [3.63, 3.8) is 0 Å². The van der Waals surface area contributed by atoms with Crippen LogP contribution in [0.25, 0.3) is 0 Å². The zero-order valence-electron chi connectivity index (χ0n) is 21.5. The van der Waals surface area contributed by atoms with Gasteiger partial charge in [0.25, 0.3) is 5.91 Å². The van der Waals surface area contributed by atoms with Crippen molar-refractivity contribution < 1.29 is 32.6 Å². The Balaban J connectivity index is 0.000000448. The number of aryl methyl sites for hydroxylation is 1. The van der Waals surface area contributed by atoms with Crippen LogP contribution in [0.3, 0.4) is 0 Å². The molecule has 4 heterocycles. The molecule has 1 amide bonds. The largest absolute Gasteiger partial charge is 0.490 e. The highest BCUT2D eigenvalue weighted by molar-refractivity contribution is 7.17. The second kappa shape index (κ2) is 11.5. The van der Waals surface area contributed by atoms with Gasteiger partial charge < -0.3 is 25.4 Å². The highest BCUT2D eigenvalue weighted by Gasteiger charge is 2.38. The van der Waals surface area contributed by atoms with Gasteiger partial charge in [-0.25, -0.2) is 9.78 Å². The standard InChI is InChI=1S/C23H27N5O2S2.C2HF3O2/c1-14-9-19(32-27-14)24-16-6-4-5-15(10-16)11-17-13-30-8-7-28(17)22-25-18-12-23(2,3)26-21(29)20(18)31-22;3-2(4,5)1(6)7/h4-6,9-10,17,24H,7-8,11-13H2,1-3H3,(H,26,29);(H,6,7). The summed E-state index contributed by atoms with van der Waals surface area (Å²) in [6, 6.07) is 10.7. The van der Waals surface area contributed by atoms with Gasteiger partial charge in [0.2, 0.25) is 0 Å². The number of aromatic nitrogens is 2. The lowest BCUT2D eigenvalue weighted by Gasteiger charge is -2.35. The van der Waals surface area contributed by atoms with Crippen molar-refractivity contribution in [3.8, 4) is 0 Å². The summed E-state index contributed by atoms with van der Waals surface area (Å²) in [6.45, 7) is 8.17. The Morgan fingerprint density at radius 1 is 1.33 bits per heavy atom. The molecule has 0 bridgehead atoms. The SMILES string of the molecule is Cc1cc(Nc2cccc(CC3COCCN3c3nc4c(s3)C(=O)NC(C)(C)C4)c2)sn1.O=C(O)C(F)(F)F. The van der Waals surface area contributed by atoms with Crippen molar-refractivity contribution >= 4 is 50.6 Å². The third kappa shape index (κ3) is 7.46. The van der Waals surface area contributed by atoms with E-state index in [0.29, 0.717) is 13.2 Å². The van der Waals surface area contributed by atoms with E-state index in [0.717, 1.165) is 51.5 Å². The number of halogens is 3. The van der Waals surface area contributed by atoms with Gasteiger partial charge in [0.05, 0.1) is 30.6 Å². The van der Waals surface area contributed by atoms with Gasteiger partial charge in [-0.1, -0.05) is 23.5 Å². The minimum atomic E-state index is -5.08. The van der Waals surface area contributed by atoms with E-state index in [1.165, 1.54) is 28.4 Å².